The van der Waals surface area contributed by atoms with Crippen molar-refractivity contribution in [3.8, 4) is 0 Å². The van der Waals surface area contributed by atoms with Crippen molar-refractivity contribution in [2.24, 2.45) is 5.14 Å². The fraction of sp³-hybridized carbons (Fsp3) is 0.750. The molecule has 0 aromatic heterocycles. The van der Waals surface area contributed by atoms with Crippen molar-refractivity contribution in [1.29, 1.82) is 0 Å². The minimum atomic E-state index is 0.743. The van der Waals surface area contributed by atoms with E-state index in [9.17, 15) is 0 Å². The molecule has 0 fully saturated rings. The highest BCUT2D eigenvalue weighted by atomic mass is 32.2. The first-order chi connectivity index (χ1) is 3.72. The molecule has 0 atom stereocenters. The Morgan fingerprint density at radius 3 is 2.50 bits per heavy atom. The third kappa shape index (κ3) is 2.49. The summed E-state index contributed by atoms with van der Waals surface area (Å²) in [5.74, 6) is 0. The zero-order chi connectivity index (χ0) is 6.57. The molecule has 0 unspecified atom stereocenters. The summed E-state index contributed by atoms with van der Waals surface area (Å²) < 4.78 is 0.743. The van der Waals surface area contributed by atoms with Crippen molar-refractivity contribution in [3.05, 3.63) is 0 Å². The first-order valence-electron chi connectivity index (χ1n) is 2.34. The fourth-order valence-electron chi connectivity index (χ4n) is 0.219. The van der Waals surface area contributed by atoms with E-state index >= 15 is 0 Å². The molecular weight excluding hydrogens is 140 g/mol. The Hall–Kier alpha value is 0.200. The lowest BCUT2D eigenvalue weighted by Crippen LogP contribution is -2.22. The summed E-state index contributed by atoms with van der Waals surface area (Å²) in [5.41, 5.74) is 0. The van der Waals surface area contributed by atoms with Gasteiger partial charge in [0, 0.05) is 13.6 Å². The molecule has 0 spiro atoms. The van der Waals surface area contributed by atoms with Crippen LogP contribution in [0.4, 0.5) is 0 Å². The van der Waals surface area contributed by atoms with E-state index in [1.54, 1.807) is 0 Å². The summed E-state index contributed by atoms with van der Waals surface area (Å²) in [6.45, 7) is 2.95. The molecule has 0 amide bonds. The van der Waals surface area contributed by atoms with Crippen molar-refractivity contribution in [2.75, 3.05) is 13.6 Å². The molecule has 2 N–H and O–H groups in total. The van der Waals surface area contributed by atoms with Crippen LogP contribution in [0.3, 0.4) is 0 Å². The summed E-state index contributed by atoms with van der Waals surface area (Å²) >= 11 is 5.96. The van der Waals surface area contributed by atoms with Crippen LogP contribution in [0.5, 0.6) is 0 Å². The van der Waals surface area contributed by atoms with Gasteiger partial charge in [0.05, 0.1) is 0 Å². The summed E-state index contributed by atoms with van der Waals surface area (Å²) in [6.07, 6.45) is 0. The Morgan fingerprint density at radius 1 is 1.88 bits per heavy atom. The number of hydrogen-bond donors (Lipinski definition) is 1. The number of rotatable bonds is 1. The van der Waals surface area contributed by atoms with Crippen LogP contribution in [0, 0.1) is 0 Å². The van der Waals surface area contributed by atoms with E-state index in [-0.39, 0.29) is 0 Å². The summed E-state index contributed by atoms with van der Waals surface area (Å²) in [7, 11) is 1.92. The highest BCUT2D eigenvalue weighted by molar-refractivity contribution is 8.21. The second-order valence-electron chi connectivity index (χ2n) is 1.40. The number of hydrogen-bond acceptors (Lipinski definition) is 3. The van der Waals surface area contributed by atoms with E-state index in [4.69, 9.17) is 17.4 Å². The van der Waals surface area contributed by atoms with Crippen LogP contribution >= 0.6 is 24.2 Å². The number of thiocarbonyl (C=S) groups is 1. The van der Waals surface area contributed by atoms with Crippen molar-refractivity contribution in [1.82, 2.24) is 4.90 Å². The Labute approximate surface area is 59.6 Å². The van der Waals surface area contributed by atoms with Crippen molar-refractivity contribution >= 4 is 28.5 Å². The molecule has 0 heterocycles. The van der Waals surface area contributed by atoms with Gasteiger partial charge in [0.15, 0.2) is 4.32 Å². The molecule has 0 bridgehead atoms. The Balaban J connectivity index is 3.46. The smallest absolute Gasteiger partial charge is 0.150 e. The molecule has 0 saturated carbocycles. The Bertz CT molecular complexity index is 84.1. The fourth-order valence-corrected chi connectivity index (χ4v) is 0.657. The third-order valence-electron chi connectivity index (χ3n) is 0.887. The summed E-state index contributed by atoms with van der Waals surface area (Å²) in [6, 6.07) is 0. The standard InChI is InChI=1S/C4H10N2S2/c1-3-6(2)4(7)8-5/h3,5H2,1-2H3. The summed E-state index contributed by atoms with van der Waals surface area (Å²) in [4.78, 5) is 1.92. The van der Waals surface area contributed by atoms with Crippen molar-refractivity contribution < 1.29 is 0 Å². The SMILES string of the molecule is CCN(C)C(=S)SN. The lowest BCUT2D eigenvalue weighted by Gasteiger charge is -2.13. The van der Waals surface area contributed by atoms with Gasteiger partial charge >= 0.3 is 0 Å². The maximum atomic E-state index is 5.18. The van der Waals surface area contributed by atoms with E-state index < -0.39 is 0 Å². The maximum Gasteiger partial charge on any atom is 0.150 e. The first-order valence-corrected chi connectivity index (χ1v) is 3.63. The molecule has 8 heavy (non-hydrogen) atoms. The highest BCUT2D eigenvalue weighted by Crippen LogP contribution is 1.96. The minimum Gasteiger partial charge on any atom is -0.360 e. The van der Waals surface area contributed by atoms with Gasteiger partial charge < -0.3 is 4.90 Å². The van der Waals surface area contributed by atoms with Crippen LogP contribution in [0.15, 0.2) is 0 Å². The quantitative estimate of drug-likeness (QED) is 0.443. The van der Waals surface area contributed by atoms with Gasteiger partial charge in [0.1, 0.15) is 0 Å². The lowest BCUT2D eigenvalue weighted by atomic mass is 10.7. The monoisotopic (exact) mass is 150 g/mol. The Morgan fingerprint density at radius 2 is 2.38 bits per heavy atom. The molecule has 0 radical (unpaired) electrons. The van der Waals surface area contributed by atoms with E-state index in [2.05, 4.69) is 0 Å². The first kappa shape index (κ1) is 8.20. The average Bonchev–Trinajstić information content (AvgIpc) is 1.84. The van der Waals surface area contributed by atoms with Crippen LogP contribution in [0.25, 0.3) is 0 Å². The van der Waals surface area contributed by atoms with Gasteiger partial charge in [0.25, 0.3) is 0 Å². The molecular formula is C4H10N2S2. The van der Waals surface area contributed by atoms with Gasteiger partial charge in [-0.15, -0.1) is 0 Å². The van der Waals surface area contributed by atoms with Crippen LogP contribution in [0.1, 0.15) is 6.92 Å². The van der Waals surface area contributed by atoms with Gasteiger partial charge in [-0.25, -0.2) is 0 Å². The molecule has 4 heteroatoms. The number of nitrogens with zero attached hydrogens (tertiary/aromatic N) is 1. The van der Waals surface area contributed by atoms with E-state index in [0.29, 0.717) is 0 Å². The van der Waals surface area contributed by atoms with Crippen LogP contribution in [-0.4, -0.2) is 22.8 Å². The normalized spacial score (nSPS) is 8.88. The average molecular weight is 150 g/mol. The summed E-state index contributed by atoms with van der Waals surface area (Å²) in [5, 5.41) is 5.18. The molecule has 0 rings (SSSR count). The molecule has 0 saturated heterocycles. The Kier molecular flexibility index (Phi) is 4.22. The molecule has 0 aromatic rings. The molecule has 0 aromatic carbocycles. The minimum absolute atomic E-state index is 0.743. The molecule has 2 nitrogen and oxygen atoms in total. The molecule has 48 valence electrons. The second kappa shape index (κ2) is 4.12. The number of nitrogens with two attached hydrogens (primary N) is 1. The highest BCUT2D eigenvalue weighted by Gasteiger charge is 1.96. The maximum absolute atomic E-state index is 5.18. The van der Waals surface area contributed by atoms with E-state index in [1.807, 2.05) is 18.9 Å². The van der Waals surface area contributed by atoms with E-state index in [0.717, 1.165) is 22.8 Å². The third-order valence-corrected chi connectivity index (χ3v) is 2.00. The van der Waals surface area contributed by atoms with Crippen molar-refractivity contribution in [3.63, 3.8) is 0 Å². The van der Waals surface area contributed by atoms with Crippen LogP contribution in [-0.2, 0) is 0 Å². The van der Waals surface area contributed by atoms with Crippen LogP contribution in [0.2, 0.25) is 0 Å². The van der Waals surface area contributed by atoms with Gasteiger partial charge in [-0.2, -0.15) is 0 Å². The van der Waals surface area contributed by atoms with Gasteiger partial charge in [-0.3, -0.25) is 5.14 Å². The topological polar surface area (TPSA) is 29.3 Å². The van der Waals surface area contributed by atoms with Crippen LogP contribution < -0.4 is 5.14 Å². The predicted molar refractivity (Wildman–Crippen MR) is 42.7 cm³/mol. The van der Waals surface area contributed by atoms with Gasteiger partial charge in [-0.05, 0) is 18.9 Å². The van der Waals surface area contributed by atoms with Gasteiger partial charge in [0.2, 0.25) is 0 Å². The van der Waals surface area contributed by atoms with Gasteiger partial charge in [-0.1, -0.05) is 12.2 Å². The molecule has 0 aliphatic carbocycles. The largest absolute Gasteiger partial charge is 0.360 e. The zero-order valence-electron chi connectivity index (χ0n) is 5.05. The predicted octanol–water partition coefficient (Wildman–Crippen LogP) is 0.830. The molecule has 0 aliphatic heterocycles. The van der Waals surface area contributed by atoms with Crippen molar-refractivity contribution in [2.45, 2.75) is 6.92 Å². The lowest BCUT2D eigenvalue weighted by molar-refractivity contribution is 0.555. The second-order valence-corrected chi connectivity index (χ2v) is 2.67. The molecule has 0 aliphatic rings. The zero-order valence-corrected chi connectivity index (χ0v) is 6.68. The van der Waals surface area contributed by atoms with E-state index in [1.165, 1.54) is 0 Å².